The van der Waals surface area contributed by atoms with Crippen LogP contribution in [0.25, 0.3) is 0 Å². The molecule has 0 saturated heterocycles. The van der Waals surface area contributed by atoms with E-state index in [1.807, 2.05) is 0 Å². The second kappa shape index (κ2) is 4.20. The van der Waals surface area contributed by atoms with Gasteiger partial charge in [0.25, 0.3) is 0 Å². The first kappa shape index (κ1) is 10.2. The molecular weight excluding hydrogens is 157 g/mol. The summed E-state index contributed by atoms with van der Waals surface area (Å²) in [5.74, 6) is -2.62. The maximum Gasteiger partial charge on any atom is 0.403 e. The molecule has 0 heterocycles. The Hall–Kier alpha value is -0.750. The third kappa shape index (κ3) is 2.77. The molecule has 0 aliphatic carbocycles. The average molecular weight is 167 g/mol. The zero-order valence-corrected chi connectivity index (χ0v) is 6.37. The topological polar surface area (TPSA) is 61.6 Å². The van der Waals surface area contributed by atoms with Gasteiger partial charge < -0.3 is 9.47 Å². The highest BCUT2D eigenvalue weighted by Crippen LogP contribution is 2.12. The van der Waals surface area contributed by atoms with Crippen molar-refractivity contribution in [2.75, 3.05) is 27.4 Å². The van der Waals surface area contributed by atoms with Crippen LogP contribution in [-0.4, -0.2) is 38.1 Å². The number of hydrogen-bond donors (Lipinski definition) is 0. The van der Waals surface area contributed by atoms with E-state index in [1.165, 1.54) is 14.2 Å². The van der Waals surface area contributed by atoms with Gasteiger partial charge in [-0.3, -0.25) is 10.1 Å². The monoisotopic (exact) mass is 167 g/mol. The fraction of sp³-hybridized carbons (Fsp3) is 1.00. The summed E-state index contributed by atoms with van der Waals surface area (Å²) in [6, 6.07) is 0. The van der Waals surface area contributed by atoms with Crippen molar-refractivity contribution in [3.8, 4) is 0 Å². The van der Waals surface area contributed by atoms with Gasteiger partial charge in [-0.2, -0.15) is 4.39 Å². The number of ether oxygens (including phenoxy) is 2. The van der Waals surface area contributed by atoms with Crippen LogP contribution in [-0.2, 0) is 9.47 Å². The molecule has 11 heavy (non-hydrogen) atoms. The van der Waals surface area contributed by atoms with Crippen LogP contribution in [0, 0.1) is 10.1 Å². The lowest BCUT2D eigenvalue weighted by atomic mass is 10.3. The molecule has 6 heteroatoms. The van der Waals surface area contributed by atoms with Crippen molar-refractivity contribution in [3.05, 3.63) is 10.1 Å². The molecule has 0 aromatic rings. The molecule has 0 amide bonds. The summed E-state index contributed by atoms with van der Waals surface area (Å²) in [5, 5.41) is 10.1. The summed E-state index contributed by atoms with van der Waals surface area (Å²) < 4.78 is 21.6. The van der Waals surface area contributed by atoms with Crippen molar-refractivity contribution in [1.29, 1.82) is 0 Å². The van der Waals surface area contributed by atoms with E-state index in [1.54, 1.807) is 0 Å². The number of halogens is 1. The van der Waals surface area contributed by atoms with Crippen molar-refractivity contribution in [3.63, 3.8) is 0 Å². The zero-order chi connectivity index (χ0) is 8.91. The summed E-state index contributed by atoms with van der Waals surface area (Å²) >= 11 is 0. The van der Waals surface area contributed by atoms with Gasteiger partial charge in [0.2, 0.25) is 0 Å². The van der Waals surface area contributed by atoms with Crippen LogP contribution in [0.5, 0.6) is 0 Å². The standard InChI is InChI=1S/C5H10FNO4/c1-10-3-5(6,4-11-2)7(8)9/h3-4H2,1-2H3. The van der Waals surface area contributed by atoms with Crippen LogP contribution in [0.1, 0.15) is 0 Å². The van der Waals surface area contributed by atoms with Crippen molar-refractivity contribution in [1.82, 2.24) is 0 Å². The van der Waals surface area contributed by atoms with E-state index in [0.717, 1.165) is 0 Å². The average Bonchev–Trinajstić information content (AvgIpc) is 1.88. The van der Waals surface area contributed by atoms with Crippen LogP contribution in [0.3, 0.4) is 0 Å². The van der Waals surface area contributed by atoms with Gasteiger partial charge >= 0.3 is 5.79 Å². The molecule has 66 valence electrons. The highest BCUT2D eigenvalue weighted by atomic mass is 19.1. The van der Waals surface area contributed by atoms with Crippen molar-refractivity contribution < 1.29 is 18.8 Å². The van der Waals surface area contributed by atoms with Crippen molar-refractivity contribution in [2.45, 2.75) is 5.79 Å². The molecule has 0 rings (SSSR count). The van der Waals surface area contributed by atoms with E-state index in [9.17, 15) is 14.5 Å². The molecule has 0 fully saturated rings. The minimum Gasteiger partial charge on any atom is -0.374 e. The molecular formula is C5H10FNO4. The SMILES string of the molecule is COCC(F)(COC)[N+](=O)[O-]. The Morgan fingerprint density at radius 2 is 1.82 bits per heavy atom. The minimum atomic E-state index is -2.62. The number of alkyl halides is 1. The van der Waals surface area contributed by atoms with E-state index in [4.69, 9.17) is 0 Å². The van der Waals surface area contributed by atoms with Gasteiger partial charge in [-0.15, -0.1) is 0 Å². The maximum atomic E-state index is 13.0. The normalized spacial score (nSPS) is 11.5. The Labute approximate surface area is 63.2 Å². The Kier molecular flexibility index (Phi) is 3.91. The quantitative estimate of drug-likeness (QED) is 0.334. The molecule has 0 atom stereocenters. The van der Waals surface area contributed by atoms with Crippen LogP contribution in [0.2, 0.25) is 0 Å². The van der Waals surface area contributed by atoms with Crippen LogP contribution >= 0.6 is 0 Å². The van der Waals surface area contributed by atoms with Gasteiger partial charge in [0, 0.05) is 14.2 Å². The molecule has 0 N–H and O–H groups in total. The fourth-order valence-corrected chi connectivity index (χ4v) is 0.589. The van der Waals surface area contributed by atoms with E-state index in [-0.39, 0.29) is 0 Å². The summed E-state index contributed by atoms with van der Waals surface area (Å²) in [4.78, 5) is 9.02. The van der Waals surface area contributed by atoms with Gasteiger partial charge in [0.05, 0.1) is 4.92 Å². The Bertz CT molecular complexity index is 134. The zero-order valence-electron chi connectivity index (χ0n) is 6.37. The number of hydrogen-bond acceptors (Lipinski definition) is 4. The van der Waals surface area contributed by atoms with Gasteiger partial charge in [-0.25, -0.2) is 0 Å². The Balaban J connectivity index is 4.13. The predicted octanol–water partition coefficient (Wildman–Crippen LogP) is 0.222. The van der Waals surface area contributed by atoms with Gasteiger partial charge in [-0.05, 0) is 0 Å². The third-order valence-electron chi connectivity index (χ3n) is 1.06. The molecule has 0 radical (unpaired) electrons. The second-order valence-electron chi connectivity index (χ2n) is 2.04. The summed E-state index contributed by atoms with van der Waals surface area (Å²) in [7, 11) is 2.38. The highest BCUT2D eigenvalue weighted by molar-refractivity contribution is 4.63. The fourth-order valence-electron chi connectivity index (χ4n) is 0.589. The lowest BCUT2D eigenvalue weighted by Gasteiger charge is -2.13. The Morgan fingerprint density at radius 1 is 1.45 bits per heavy atom. The first-order chi connectivity index (χ1) is 5.06. The van der Waals surface area contributed by atoms with Crippen molar-refractivity contribution >= 4 is 0 Å². The highest BCUT2D eigenvalue weighted by Gasteiger charge is 2.43. The number of nitrogens with zero attached hydrogens (tertiary/aromatic N) is 1. The molecule has 0 spiro atoms. The number of nitro groups is 1. The molecule has 0 saturated carbocycles. The lowest BCUT2D eigenvalue weighted by Crippen LogP contribution is -2.42. The molecule has 0 bridgehead atoms. The van der Waals surface area contributed by atoms with E-state index < -0.39 is 23.9 Å². The van der Waals surface area contributed by atoms with Crippen LogP contribution in [0.15, 0.2) is 0 Å². The largest absolute Gasteiger partial charge is 0.403 e. The second-order valence-corrected chi connectivity index (χ2v) is 2.04. The van der Waals surface area contributed by atoms with Gasteiger partial charge in [-0.1, -0.05) is 0 Å². The summed E-state index contributed by atoms with van der Waals surface area (Å²) in [5.41, 5.74) is 0. The molecule has 0 aliphatic heterocycles. The van der Waals surface area contributed by atoms with Crippen molar-refractivity contribution in [2.24, 2.45) is 0 Å². The molecule has 0 aromatic carbocycles. The van der Waals surface area contributed by atoms with E-state index >= 15 is 0 Å². The summed E-state index contributed by atoms with van der Waals surface area (Å²) in [6.45, 7) is -1.21. The van der Waals surface area contributed by atoms with Gasteiger partial charge in [0.1, 0.15) is 0 Å². The summed E-state index contributed by atoms with van der Waals surface area (Å²) in [6.07, 6.45) is 0. The third-order valence-corrected chi connectivity index (χ3v) is 1.06. The minimum absolute atomic E-state index is 0.603. The van der Waals surface area contributed by atoms with Gasteiger partial charge in [0.15, 0.2) is 13.2 Å². The molecule has 0 aliphatic rings. The first-order valence-electron chi connectivity index (χ1n) is 2.88. The van der Waals surface area contributed by atoms with Crippen LogP contribution in [0.4, 0.5) is 4.39 Å². The number of rotatable bonds is 5. The van der Waals surface area contributed by atoms with E-state index in [0.29, 0.717) is 0 Å². The first-order valence-corrected chi connectivity index (χ1v) is 2.88. The maximum absolute atomic E-state index is 13.0. The smallest absolute Gasteiger partial charge is 0.374 e. The lowest BCUT2D eigenvalue weighted by molar-refractivity contribution is -0.613. The van der Waals surface area contributed by atoms with E-state index in [2.05, 4.69) is 9.47 Å². The molecule has 0 unspecified atom stereocenters. The molecule has 5 nitrogen and oxygen atoms in total. The molecule has 0 aromatic heterocycles. The predicted molar refractivity (Wildman–Crippen MR) is 34.6 cm³/mol. The Morgan fingerprint density at radius 3 is 2.00 bits per heavy atom. The van der Waals surface area contributed by atoms with Crippen LogP contribution < -0.4 is 0 Å². The number of methoxy groups -OCH3 is 2.